The van der Waals surface area contributed by atoms with Crippen molar-refractivity contribution in [2.45, 2.75) is 6.92 Å². The monoisotopic (exact) mass is 381 g/mol. The lowest BCUT2D eigenvalue weighted by Gasteiger charge is -2.12. The number of methoxy groups -OCH3 is 1. The molecule has 0 saturated carbocycles. The number of ether oxygens (including phenoxy) is 1. The van der Waals surface area contributed by atoms with Crippen LogP contribution < -0.4 is 15.4 Å². The number of imide groups is 1. The highest BCUT2D eigenvalue weighted by molar-refractivity contribution is 6.15. The predicted molar refractivity (Wildman–Crippen MR) is 103 cm³/mol. The van der Waals surface area contributed by atoms with Crippen LogP contribution in [0.1, 0.15) is 11.1 Å². The molecular weight excluding hydrogens is 362 g/mol. The van der Waals surface area contributed by atoms with E-state index in [1.54, 1.807) is 18.2 Å². The van der Waals surface area contributed by atoms with Crippen LogP contribution in [0.15, 0.2) is 48.2 Å². The Morgan fingerprint density at radius 3 is 2.61 bits per heavy atom. The minimum Gasteiger partial charge on any atom is -0.504 e. The van der Waals surface area contributed by atoms with Gasteiger partial charge in [0.1, 0.15) is 12.2 Å². The number of nitrogens with one attached hydrogen (secondary N) is 2. The largest absolute Gasteiger partial charge is 0.504 e. The Kier molecular flexibility index (Phi) is 5.30. The Balaban J connectivity index is 1.70. The molecule has 144 valence electrons. The fraction of sp³-hybridized carbons (Fsp3) is 0.150. The second-order valence-corrected chi connectivity index (χ2v) is 6.22. The first-order valence-electron chi connectivity index (χ1n) is 8.45. The van der Waals surface area contributed by atoms with Gasteiger partial charge in [0, 0.05) is 5.69 Å². The van der Waals surface area contributed by atoms with E-state index in [0.717, 1.165) is 10.5 Å². The van der Waals surface area contributed by atoms with Crippen molar-refractivity contribution in [3.8, 4) is 11.5 Å². The Morgan fingerprint density at radius 2 is 1.93 bits per heavy atom. The summed E-state index contributed by atoms with van der Waals surface area (Å²) in [6.07, 6.45) is 1.44. The van der Waals surface area contributed by atoms with Crippen molar-refractivity contribution in [1.29, 1.82) is 0 Å². The molecule has 0 aromatic heterocycles. The van der Waals surface area contributed by atoms with E-state index in [2.05, 4.69) is 10.6 Å². The number of phenolic OH excluding ortho intramolecular Hbond substituents is 1. The van der Waals surface area contributed by atoms with E-state index in [9.17, 15) is 19.5 Å². The average molecular weight is 381 g/mol. The van der Waals surface area contributed by atoms with Gasteiger partial charge in [0.25, 0.3) is 5.91 Å². The van der Waals surface area contributed by atoms with Crippen LogP contribution in [0.4, 0.5) is 10.5 Å². The maximum Gasteiger partial charge on any atom is 0.329 e. The molecule has 8 heteroatoms. The highest BCUT2D eigenvalue weighted by Gasteiger charge is 2.34. The van der Waals surface area contributed by atoms with Crippen LogP contribution in [0.25, 0.3) is 6.08 Å². The van der Waals surface area contributed by atoms with Gasteiger partial charge in [-0.25, -0.2) is 9.69 Å². The molecule has 1 aliphatic rings. The highest BCUT2D eigenvalue weighted by atomic mass is 16.5. The maximum absolute atomic E-state index is 12.5. The van der Waals surface area contributed by atoms with Gasteiger partial charge < -0.3 is 20.5 Å². The molecule has 0 aliphatic carbocycles. The van der Waals surface area contributed by atoms with Crippen molar-refractivity contribution in [2.75, 3.05) is 19.0 Å². The lowest BCUT2D eigenvalue weighted by Crippen LogP contribution is -2.38. The number of benzene rings is 2. The van der Waals surface area contributed by atoms with E-state index >= 15 is 0 Å². The second-order valence-electron chi connectivity index (χ2n) is 6.22. The first kappa shape index (κ1) is 19.0. The first-order chi connectivity index (χ1) is 13.4. The predicted octanol–water partition coefficient (Wildman–Crippen LogP) is 2.24. The third kappa shape index (κ3) is 4.12. The SMILES string of the molecule is COc1cc(/C=C2\NC(=O)N(CC(=O)Nc3ccc(C)cc3)C2=O)ccc1O. The van der Waals surface area contributed by atoms with Crippen molar-refractivity contribution in [2.24, 2.45) is 0 Å². The Labute approximate surface area is 161 Å². The third-order valence-corrected chi connectivity index (χ3v) is 4.11. The van der Waals surface area contributed by atoms with E-state index in [0.29, 0.717) is 11.3 Å². The summed E-state index contributed by atoms with van der Waals surface area (Å²) in [5, 5.41) is 14.7. The van der Waals surface area contributed by atoms with Crippen molar-refractivity contribution in [3.63, 3.8) is 0 Å². The molecule has 1 aliphatic heterocycles. The molecule has 8 nitrogen and oxygen atoms in total. The number of carbonyl (C=O) groups excluding carboxylic acids is 3. The van der Waals surface area contributed by atoms with Crippen molar-refractivity contribution in [1.82, 2.24) is 10.2 Å². The number of carbonyl (C=O) groups is 3. The fourth-order valence-electron chi connectivity index (χ4n) is 2.65. The van der Waals surface area contributed by atoms with E-state index in [-0.39, 0.29) is 17.2 Å². The molecule has 1 fully saturated rings. The second kappa shape index (κ2) is 7.83. The van der Waals surface area contributed by atoms with Gasteiger partial charge in [0.2, 0.25) is 5.91 Å². The number of aromatic hydroxyl groups is 1. The Bertz CT molecular complexity index is 966. The molecule has 0 bridgehead atoms. The van der Waals surface area contributed by atoms with Crippen molar-refractivity contribution >= 4 is 29.6 Å². The smallest absolute Gasteiger partial charge is 0.329 e. The summed E-state index contributed by atoms with van der Waals surface area (Å²) in [6.45, 7) is 1.52. The van der Waals surface area contributed by atoms with Crippen LogP contribution in [-0.2, 0) is 9.59 Å². The van der Waals surface area contributed by atoms with E-state index < -0.39 is 24.4 Å². The molecule has 3 rings (SSSR count). The molecule has 4 amide bonds. The lowest BCUT2D eigenvalue weighted by atomic mass is 10.1. The number of urea groups is 1. The summed E-state index contributed by atoms with van der Waals surface area (Å²) < 4.78 is 5.02. The van der Waals surface area contributed by atoms with Crippen LogP contribution in [-0.4, -0.2) is 41.5 Å². The maximum atomic E-state index is 12.5. The minimum absolute atomic E-state index is 0.0286. The summed E-state index contributed by atoms with van der Waals surface area (Å²) in [5.41, 5.74) is 2.20. The topological polar surface area (TPSA) is 108 Å². The zero-order valence-corrected chi connectivity index (χ0v) is 15.4. The van der Waals surface area contributed by atoms with Gasteiger partial charge in [-0.15, -0.1) is 0 Å². The fourth-order valence-corrected chi connectivity index (χ4v) is 2.65. The minimum atomic E-state index is -0.680. The van der Waals surface area contributed by atoms with E-state index in [4.69, 9.17) is 4.74 Å². The molecule has 28 heavy (non-hydrogen) atoms. The summed E-state index contributed by atoms with van der Waals surface area (Å²) in [6, 6.07) is 11.0. The number of hydrogen-bond donors (Lipinski definition) is 3. The zero-order valence-electron chi connectivity index (χ0n) is 15.4. The summed E-state index contributed by atoms with van der Waals surface area (Å²) in [4.78, 5) is 37.6. The van der Waals surface area contributed by atoms with Gasteiger partial charge >= 0.3 is 6.03 Å². The van der Waals surface area contributed by atoms with Crippen LogP contribution in [0.2, 0.25) is 0 Å². The van der Waals surface area contributed by atoms with Crippen LogP contribution >= 0.6 is 0 Å². The van der Waals surface area contributed by atoms with Crippen molar-refractivity contribution < 1.29 is 24.2 Å². The zero-order chi connectivity index (χ0) is 20.3. The number of aryl methyl sites for hydroxylation is 1. The lowest BCUT2D eigenvalue weighted by molar-refractivity contribution is -0.127. The Morgan fingerprint density at radius 1 is 1.21 bits per heavy atom. The van der Waals surface area contributed by atoms with E-state index in [1.165, 1.54) is 25.3 Å². The number of nitrogens with zero attached hydrogens (tertiary/aromatic N) is 1. The van der Waals surface area contributed by atoms with Crippen molar-refractivity contribution in [3.05, 3.63) is 59.3 Å². The molecule has 3 N–H and O–H groups in total. The summed E-state index contributed by atoms with van der Waals surface area (Å²) in [5.74, 6) is -0.905. The van der Waals surface area contributed by atoms with E-state index in [1.807, 2.05) is 19.1 Å². The number of anilines is 1. The molecule has 2 aromatic rings. The van der Waals surface area contributed by atoms with Gasteiger partial charge in [-0.1, -0.05) is 23.8 Å². The molecule has 1 saturated heterocycles. The van der Waals surface area contributed by atoms with Gasteiger partial charge in [0.05, 0.1) is 7.11 Å². The average Bonchev–Trinajstić information content (AvgIpc) is 2.92. The molecular formula is C20H19N3O5. The van der Waals surface area contributed by atoms with Gasteiger partial charge in [0.15, 0.2) is 11.5 Å². The third-order valence-electron chi connectivity index (χ3n) is 4.11. The molecule has 2 aromatic carbocycles. The van der Waals surface area contributed by atoms with Crippen LogP contribution in [0.3, 0.4) is 0 Å². The van der Waals surface area contributed by atoms with Crippen LogP contribution in [0.5, 0.6) is 11.5 Å². The quantitative estimate of drug-likeness (QED) is 0.544. The summed E-state index contributed by atoms with van der Waals surface area (Å²) >= 11 is 0. The molecule has 1 heterocycles. The molecule has 0 radical (unpaired) electrons. The summed E-state index contributed by atoms with van der Waals surface area (Å²) in [7, 11) is 1.41. The number of rotatable bonds is 5. The highest BCUT2D eigenvalue weighted by Crippen LogP contribution is 2.27. The number of hydrogen-bond acceptors (Lipinski definition) is 5. The van der Waals surface area contributed by atoms with Gasteiger partial charge in [-0.2, -0.15) is 0 Å². The van der Waals surface area contributed by atoms with Gasteiger partial charge in [-0.3, -0.25) is 9.59 Å². The standard InChI is InChI=1S/C20H19N3O5/c1-12-3-6-14(7-4-12)21-18(25)11-23-19(26)15(22-20(23)27)9-13-5-8-16(24)17(10-13)28-2/h3-10,24H,11H2,1-2H3,(H,21,25)(H,22,27)/b15-9-. The molecule has 0 atom stereocenters. The number of amides is 4. The van der Waals surface area contributed by atoms with Gasteiger partial charge in [-0.05, 0) is 42.8 Å². The molecule has 0 spiro atoms. The first-order valence-corrected chi connectivity index (χ1v) is 8.45. The normalized spacial score (nSPS) is 14.9. The molecule has 0 unspecified atom stereocenters. The number of phenols is 1. The Hall–Kier alpha value is -3.81. The van der Waals surface area contributed by atoms with Crippen LogP contribution in [0, 0.1) is 6.92 Å².